The number of rotatable bonds is 7. The zero-order chi connectivity index (χ0) is 27.0. The maximum Gasteiger partial charge on any atom is 0.255 e. The van der Waals surface area contributed by atoms with Gasteiger partial charge in [-0.25, -0.2) is 0 Å². The monoisotopic (exact) mass is 514 g/mol. The van der Waals surface area contributed by atoms with Crippen molar-refractivity contribution in [3.63, 3.8) is 0 Å². The molecule has 1 fully saturated rings. The molecule has 0 unspecified atom stereocenters. The largest absolute Gasteiger partial charge is 0.391 e. The zero-order valence-corrected chi connectivity index (χ0v) is 22.0. The molecule has 3 atom stereocenters. The van der Waals surface area contributed by atoms with E-state index in [1.54, 1.807) is 11.0 Å². The number of aromatic nitrogens is 1. The van der Waals surface area contributed by atoms with Gasteiger partial charge in [-0.05, 0) is 47.2 Å². The van der Waals surface area contributed by atoms with Gasteiger partial charge >= 0.3 is 0 Å². The van der Waals surface area contributed by atoms with Gasteiger partial charge in [0.05, 0.1) is 6.10 Å². The van der Waals surface area contributed by atoms with E-state index in [4.69, 9.17) is 0 Å². The summed E-state index contributed by atoms with van der Waals surface area (Å²) in [6, 6.07) is 15.8. The summed E-state index contributed by atoms with van der Waals surface area (Å²) in [6.07, 6.45) is 1.28. The van der Waals surface area contributed by atoms with E-state index >= 15 is 0 Å². The molecule has 0 radical (unpaired) electrons. The average Bonchev–Trinajstić information content (AvgIpc) is 3.60. The van der Waals surface area contributed by atoms with Crippen molar-refractivity contribution in [2.24, 2.45) is 5.92 Å². The number of carbonyl (C=O) groups excluding carboxylic acids is 3. The number of benzene rings is 2. The average molecular weight is 515 g/mol. The minimum Gasteiger partial charge on any atom is -0.391 e. The minimum absolute atomic E-state index is 0.0688. The number of fused-ring (bicyclic) bond motifs is 1. The number of nitrogens with zero attached hydrogens (tertiary/aromatic N) is 2. The fourth-order valence-corrected chi connectivity index (χ4v) is 5.61. The van der Waals surface area contributed by atoms with Crippen molar-refractivity contribution in [3.05, 3.63) is 83.0 Å². The molecule has 2 aliphatic rings. The number of aryl methyl sites for hydroxylation is 1. The van der Waals surface area contributed by atoms with E-state index in [0.717, 1.165) is 27.9 Å². The zero-order valence-electron chi connectivity index (χ0n) is 22.0. The third-order valence-corrected chi connectivity index (χ3v) is 7.60. The van der Waals surface area contributed by atoms with E-state index in [9.17, 15) is 19.5 Å². The number of aliphatic hydroxyl groups excluding tert-OH is 1. The highest BCUT2D eigenvalue weighted by Gasteiger charge is 2.45. The second-order valence-electron chi connectivity index (χ2n) is 10.6. The number of hydrogen-bond acceptors (Lipinski definition) is 4. The van der Waals surface area contributed by atoms with Crippen molar-refractivity contribution in [1.82, 2.24) is 20.1 Å². The lowest BCUT2D eigenvalue weighted by Gasteiger charge is -2.35. The van der Waals surface area contributed by atoms with Crippen LogP contribution in [0.4, 0.5) is 0 Å². The number of amides is 3. The van der Waals surface area contributed by atoms with E-state index in [-0.39, 0.29) is 36.6 Å². The van der Waals surface area contributed by atoms with Gasteiger partial charge in [0.15, 0.2) is 0 Å². The first-order valence-electron chi connectivity index (χ1n) is 13.1. The molecule has 3 heterocycles. The molecule has 198 valence electrons. The topological polar surface area (TPSA) is 106 Å². The number of aliphatic hydroxyl groups is 1. The quantitative estimate of drug-likeness (QED) is 0.450. The van der Waals surface area contributed by atoms with E-state index in [2.05, 4.69) is 10.3 Å². The van der Waals surface area contributed by atoms with Crippen LogP contribution in [0.2, 0.25) is 0 Å². The number of β-amino-alcohol motifs (C(OH)–C–C–N with tert-alkyl or cyclic N) is 1. The van der Waals surface area contributed by atoms with Gasteiger partial charge in [-0.2, -0.15) is 0 Å². The summed E-state index contributed by atoms with van der Waals surface area (Å²) < 4.78 is 0. The number of carbonyl (C=O) groups is 3. The van der Waals surface area contributed by atoms with Crippen LogP contribution in [-0.4, -0.2) is 62.3 Å². The molecule has 3 amide bonds. The lowest BCUT2D eigenvalue weighted by molar-refractivity contribution is -0.143. The standard InChI is InChI=1S/C30H34N4O4/c1-18(2)27(34-16-22-6-4-5-7-24(22)29(34)37)30(38)33-17-23(35)14-25(33)28(36)32-15-20-8-10-21(11-9-20)26-19(3)12-13-31-26/h4-13,18,23,25,27,31,35H,14-17H2,1-3H3,(H,32,36)/t23-,25+,27+/m1/s1. The van der Waals surface area contributed by atoms with Gasteiger partial charge in [-0.1, -0.05) is 56.3 Å². The Morgan fingerprint density at radius 1 is 1.11 bits per heavy atom. The SMILES string of the molecule is Cc1cc[nH]c1-c1ccc(CNC(=O)[C@@H]2C[C@@H](O)CN2C(=O)[C@H](C(C)C)N2Cc3ccccc3C2=O)cc1. The summed E-state index contributed by atoms with van der Waals surface area (Å²) in [5, 5.41) is 13.4. The van der Waals surface area contributed by atoms with Gasteiger partial charge in [0, 0.05) is 43.5 Å². The van der Waals surface area contributed by atoms with Crippen LogP contribution in [0.5, 0.6) is 0 Å². The predicted molar refractivity (Wildman–Crippen MR) is 144 cm³/mol. The van der Waals surface area contributed by atoms with E-state index in [1.807, 2.05) is 75.5 Å². The van der Waals surface area contributed by atoms with E-state index < -0.39 is 18.2 Å². The Morgan fingerprint density at radius 2 is 1.84 bits per heavy atom. The molecule has 1 aromatic heterocycles. The number of H-pyrrole nitrogens is 1. The lowest BCUT2D eigenvalue weighted by atomic mass is 10.0. The first-order valence-corrected chi connectivity index (χ1v) is 13.1. The second-order valence-corrected chi connectivity index (χ2v) is 10.6. The molecule has 0 spiro atoms. The summed E-state index contributed by atoms with van der Waals surface area (Å²) in [7, 11) is 0. The van der Waals surface area contributed by atoms with Crippen LogP contribution in [0.25, 0.3) is 11.3 Å². The molecule has 3 N–H and O–H groups in total. The first-order chi connectivity index (χ1) is 18.2. The number of likely N-dealkylation sites (tertiary alicyclic amines) is 1. The highest BCUT2D eigenvalue weighted by molar-refractivity contribution is 6.01. The summed E-state index contributed by atoms with van der Waals surface area (Å²) in [5.41, 5.74) is 5.73. The van der Waals surface area contributed by atoms with Crippen molar-refractivity contribution < 1.29 is 19.5 Å². The van der Waals surface area contributed by atoms with Gasteiger partial charge in [0.25, 0.3) is 5.91 Å². The van der Waals surface area contributed by atoms with Gasteiger partial charge in [-0.15, -0.1) is 0 Å². The van der Waals surface area contributed by atoms with Crippen molar-refractivity contribution in [1.29, 1.82) is 0 Å². The Kier molecular flexibility index (Phi) is 7.08. The number of nitrogens with one attached hydrogen (secondary N) is 2. The molecule has 1 saturated heterocycles. The molecule has 0 bridgehead atoms. The Morgan fingerprint density at radius 3 is 2.50 bits per heavy atom. The predicted octanol–water partition coefficient (Wildman–Crippen LogP) is 3.25. The Balaban J connectivity index is 1.27. The van der Waals surface area contributed by atoms with E-state index in [1.165, 1.54) is 4.90 Å². The molecular formula is C30H34N4O4. The van der Waals surface area contributed by atoms with Crippen LogP contribution < -0.4 is 5.32 Å². The summed E-state index contributed by atoms with van der Waals surface area (Å²) >= 11 is 0. The second kappa shape index (κ2) is 10.5. The molecule has 0 aliphatic carbocycles. The van der Waals surface area contributed by atoms with E-state index in [0.29, 0.717) is 18.7 Å². The molecule has 8 heteroatoms. The Bertz CT molecular complexity index is 1350. The number of hydrogen-bond donors (Lipinski definition) is 3. The molecule has 2 aromatic carbocycles. The van der Waals surface area contributed by atoms with Gasteiger partial charge in [0.2, 0.25) is 11.8 Å². The van der Waals surface area contributed by atoms with Crippen LogP contribution in [0, 0.1) is 12.8 Å². The van der Waals surface area contributed by atoms with Gasteiger partial charge in [-0.3, -0.25) is 14.4 Å². The molecule has 2 aliphatic heterocycles. The molecular weight excluding hydrogens is 480 g/mol. The summed E-state index contributed by atoms with van der Waals surface area (Å²) in [4.78, 5) is 46.5. The summed E-state index contributed by atoms with van der Waals surface area (Å²) in [6.45, 7) is 6.59. The minimum atomic E-state index is -0.794. The van der Waals surface area contributed by atoms with Crippen LogP contribution in [0.1, 0.15) is 47.3 Å². The van der Waals surface area contributed by atoms with Gasteiger partial charge in [0.1, 0.15) is 12.1 Å². The van der Waals surface area contributed by atoms with Crippen LogP contribution >= 0.6 is 0 Å². The van der Waals surface area contributed by atoms with Crippen molar-refractivity contribution in [3.8, 4) is 11.3 Å². The van der Waals surface area contributed by atoms with Crippen LogP contribution in [0.3, 0.4) is 0 Å². The molecule has 0 saturated carbocycles. The Labute approximate surface area is 222 Å². The van der Waals surface area contributed by atoms with Crippen molar-refractivity contribution in [2.75, 3.05) is 6.54 Å². The number of aromatic amines is 1. The third-order valence-electron chi connectivity index (χ3n) is 7.60. The fourth-order valence-electron chi connectivity index (χ4n) is 5.61. The third kappa shape index (κ3) is 4.84. The lowest BCUT2D eigenvalue weighted by Crippen LogP contribution is -2.55. The smallest absolute Gasteiger partial charge is 0.255 e. The van der Waals surface area contributed by atoms with Crippen molar-refractivity contribution in [2.45, 2.75) is 58.5 Å². The van der Waals surface area contributed by atoms with Gasteiger partial charge < -0.3 is 25.2 Å². The maximum atomic E-state index is 13.8. The normalized spacial score (nSPS) is 19.7. The molecule has 38 heavy (non-hydrogen) atoms. The molecule has 3 aromatic rings. The van der Waals surface area contributed by atoms with Crippen LogP contribution in [0.15, 0.2) is 60.8 Å². The molecule has 5 rings (SSSR count). The van der Waals surface area contributed by atoms with Crippen LogP contribution in [-0.2, 0) is 22.7 Å². The first kappa shape index (κ1) is 25.7. The Hall–Kier alpha value is -3.91. The molecule has 8 nitrogen and oxygen atoms in total. The maximum absolute atomic E-state index is 13.8. The summed E-state index contributed by atoms with van der Waals surface area (Å²) in [5.74, 6) is -0.948. The highest BCUT2D eigenvalue weighted by atomic mass is 16.3. The fraction of sp³-hybridized carbons (Fsp3) is 0.367. The van der Waals surface area contributed by atoms with Crippen molar-refractivity contribution >= 4 is 17.7 Å². The highest BCUT2D eigenvalue weighted by Crippen LogP contribution is 2.30.